The number of likely N-dealkylation sites (tertiary alicyclic amines) is 1. The van der Waals surface area contributed by atoms with E-state index in [0.29, 0.717) is 5.52 Å². The van der Waals surface area contributed by atoms with Crippen LogP contribution in [-0.2, 0) is 11.3 Å². The van der Waals surface area contributed by atoms with E-state index in [4.69, 9.17) is 0 Å². The number of amides is 1. The molecule has 0 aliphatic carbocycles. The molecule has 7 nitrogen and oxygen atoms in total. The Labute approximate surface area is 161 Å². The number of hydrogen-bond donors (Lipinski definition) is 1. The summed E-state index contributed by atoms with van der Waals surface area (Å²) in [6.07, 6.45) is 2.05. The first kappa shape index (κ1) is 18.2. The van der Waals surface area contributed by atoms with Crippen molar-refractivity contribution in [3.05, 3.63) is 33.7 Å². The van der Waals surface area contributed by atoms with Gasteiger partial charge in [-0.1, -0.05) is 13.8 Å². The van der Waals surface area contributed by atoms with Gasteiger partial charge in [-0.05, 0) is 43.9 Å². The lowest BCUT2D eigenvalue weighted by Gasteiger charge is -2.30. The SMILES string of the molecule is CC(C)c1nn(CC(=O)N[C@@H]2CCCN(C)C2)c(=O)c2cc3ccsc3n12. The number of hydrogen-bond acceptors (Lipinski definition) is 5. The Morgan fingerprint density at radius 3 is 3.00 bits per heavy atom. The number of thiophene rings is 1. The summed E-state index contributed by atoms with van der Waals surface area (Å²) in [6, 6.07) is 4.04. The summed E-state index contributed by atoms with van der Waals surface area (Å²) in [5.41, 5.74) is 0.361. The highest BCUT2D eigenvalue weighted by Gasteiger charge is 2.21. The number of aromatic nitrogens is 3. The van der Waals surface area contributed by atoms with Crippen LogP contribution in [0.25, 0.3) is 15.7 Å². The Hall–Kier alpha value is -2.19. The largest absolute Gasteiger partial charge is 0.350 e. The quantitative estimate of drug-likeness (QED) is 0.744. The third-order valence-electron chi connectivity index (χ3n) is 5.12. The molecule has 1 N–H and O–H groups in total. The Morgan fingerprint density at radius 2 is 2.26 bits per heavy atom. The van der Waals surface area contributed by atoms with E-state index in [1.54, 1.807) is 11.3 Å². The molecule has 27 heavy (non-hydrogen) atoms. The van der Waals surface area contributed by atoms with Crippen LogP contribution in [0.15, 0.2) is 22.3 Å². The molecule has 0 spiro atoms. The van der Waals surface area contributed by atoms with Crippen molar-refractivity contribution >= 4 is 33.0 Å². The van der Waals surface area contributed by atoms with E-state index in [2.05, 4.69) is 22.4 Å². The van der Waals surface area contributed by atoms with E-state index < -0.39 is 0 Å². The summed E-state index contributed by atoms with van der Waals surface area (Å²) in [5, 5.41) is 10.7. The Kier molecular flexibility index (Phi) is 4.77. The number of carbonyl (C=O) groups is 1. The molecule has 0 unspecified atom stereocenters. The molecule has 1 amide bonds. The van der Waals surface area contributed by atoms with Crippen molar-refractivity contribution in [1.82, 2.24) is 24.4 Å². The van der Waals surface area contributed by atoms with Gasteiger partial charge in [-0.2, -0.15) is 5.10 Å². The number of fused-ring (bicyclic) bond motifs is 3. The van der Waals surface area contributed by atoms with Crippen LogP contribution >= 0.6 is 11.3 Å². The van der Waals surface area contributed by atoms with Gasteiger partial charge in [-0.25, -0.2) is 4.68 Å². The van der Waals surface area contributed by atoms with E-state index in [1.165, 1.54) is 4.68 Å². The number of likely N-dealkylation sites (N-methyl/N-ethyl adjacent to an activating group) is 1. The van der Waals surface area contributed by atoms with Gasteiger partial charge in [-0.15, -0.1) is 11.3 Å². The lowest BCUT2D eigenvalue weighted by atomic mass is 10.1. The molecular weight excluding hydrogens is 362 g/mol. The first-order valence-corrected chi connectivity index (χ1v) is 10.3. The van der Waals surface area contributed by atoms with Gasteiger partial charge < -0.3 is 10.2 Å². The molecule has 3 aromatic heterocycles. The average molecular weight is 388 g/mol. The lowest BCUT2D eigenvalue weighted by Crippen LogP contribution is -2.48. The van der Waals surface area contributed by atoms with Gasteiger partial charge in [0.1, 0.15) is 22.7 Å². The van der Waals surface area contributed by atoms with Crippen LogP contribution in [0.5, 0.6) is 0 Å². The molecule has 144 valence electrons. The molecule has 0 aromatic carbocycles. The van der Waals surface area contributed by atoms with Crippen molar-refractivity contribution in [3.63, 3.8) is 0 Å². The molecule has 1 aliphatic rings. The molecule has 0 radical (unpaired) electrons. The van der Waals surface area contributed by atoms with E-state index in [1.807, 2.05) is 35.8 Å². The number of rotatable bonds is 4. The van der Waals surface area contributed by atoms with Crippen LogP contribution < -0.4 is 10.9 Å². The highest BCUT2D eigenvalue weighted by molar-refractivity contribution is 7.16. The van der Waals surface area contributed by atoms with Crippen molar-refractivity contribution < 1.29 is 4.79 Å². The van der Waals surface area contributed by atoms with Gasteiger partial charge in [0.05, 0.1) is 0 Å². The summed E-state index contributed by atoms with van der Waals surface area (Å²) in [7, 11) is 2.06. The maximum Gasteiger partial charge on any atom is 0.291 e. The number of nitrogens with zero attached hydrogens (tertiary/aromatic N) is 4. The fraction of sp³-hybridized carbons (Fsp3) is 0.526. The van der Waals surface area contributed by atoms with Gasteiger partial charge in [0, 0.05) is 23.9 Å². The Morgan fingerprint density at radius 1 is 1.44 bits per heavy atom. The minimum Gasteiger partial charge on any atom is -0.350 e. The van der Waals surface area contributed by atoms with Crippen molar-refractivity contribution in [2.24, 2.45) is 0 Å². The monoisotopic (exact) mass is 387 g/mol. The second-order valence-corrected chi connectivity index (χ2v) is 8.59. The maximum absolute atomic E-state index is 12.9. The summed E-state index contributed by atoms with van der Waals surface area (Å²) < 4.78 is 3.26. The second-order valence-electron chi connectivity index (χ2n) is 7.69. The van der Waals surface area contributed by atoms with E-state index >= 15 is 0 Å². The van der Waals surface area contributed by atoms with E-state index in [0.717, 1.165) is 42.0 Å². The van der Waals surface area contributed by atoms with E-state index in [9.17, 15) is 9.59 Å². The summed E-state index contributed by atoms with van der Waals surface area (Å²) in [6.45, 7) is 5.96. The number of carbonyl (C=O) groups excluding carboxylic acids is 1. The van der Waals surface area contributed by atoms with Gasteiger partial charge in [-0.3, -0.25) is 14.0 Å². The third kappa shape index (κ3) is 3.39. The zero-order valence-electron chi connectivity index (χ0n) is 15.9. The van der Waals surface area contributed by atoms with Crippen molar-refractivity contribution in [1.29, 1.82) is 0 Å². The molecular formula is C19H25N5O2S. The van der Waals surface area contributed by atoms with Crippen LogP contribution in [0, 0.1) is 0 Å². The number of piperidine rings is 1. The van der Waals surface area contributed by atoms with Gasteiger partial charge in [0.15, 0.2) is 0 Å². The number of nitrogens with one attached hydrogen (secondary N) is 1. The third-order valence-corrected chi connectivity index (χ3v) is 6.03. The average Bonchev–Trinajstić information content (AvgIpc) is 3.18. The van der Waals surface area contributed by atoms with Crippen LogP contribution in [0.2, 0.25) is 0 Å². The lowest BCUT2D eigenvalue weighted by molar-refractivity contribution is -0.123. The van der Waals surface area contributed by atoms with Gasteiger partial charge >= 0.3 is 0 Å². The molecule has 1 aliphatic heterocycles. The molecule has 4 heterocycles. The topological polar surface area (TPSA) is 71.6 Å². The highest BCUT2D eigenvalue weighted by atomic mass is 32.1. The van der Waals surface area contributed by atoms with Crippen LogP contribution in [0.1, 0.15) is 38.4 Å². The van der Waals surface area contributed by atoms with Crippen LogP contribution in [0.3, 0.4) is 0 Å². The Bertz CT molecular complexity index is 1050. The predicted molar refractivity (Wildman–Crippen MR) is 108 cm³/mol. The van der Waals surface area contributed by atoms with Crippen molar-refractivity contribution in [2.75, 3.05) is 20.1 Å². The molecule has 0 saturated carbocycles. The van der Waals surface area contributed by atoms with Crippen LogP contribution in [0.4, 0.5) is 0 Å². The summed E-state index contributed by atoms with van der Waals surface area (Å²) >= 11 is 1.60. The highest BCUT2D eigenvalue weighted by Crippen LogP contribution is 2.26. The van der Waals surface area contributed by atoms with Gasteiger partial charge in [0.25, 0.3) is 5.56 Å². The maximum atomic E-state index is 12.9. The smallest absolute Gasteiger partial charge is 0.291 e. The molecule has 1 fully saturated rings. The van der Waals surface area contributed by atoms with Crippen molar-refractivity contribution in [2.45, 2.75) is 45.2 Å². The Balaban J connectivity index is 1.66. The van der Waals surface area contributed by atoms with Crippen LogP contribution in [-0.4, -0.2) is 51.2 Å². The molecule has 4 rings (SSSR count). The van der Waals surface area contributed by atoms with E-state index in [-0.39, 0.29) is 30.0 Å². The zero-order valence-corrected chi connectivity index (χ0v) is 16.8. The first-order valence-electron chi connectivity index (χ1n) is 9.41. The summed E-state index contributed by atoms with van der Waals surface area (Å²) in [5.74, 6) is 0.775. The second kappa shape index (κ2) is 7.09. The van der Waals surface area contributed by atoms with Crippen molar-refractivity contribution in [3.8, 4) is 0 Å². The summed E-state index contributed by atoms with van der Waals surface area (Å²) in [4.78, 5) is 28.7. The minimum atomic E-state index is -0.223. The predicted octanol–water partition coefficient (Wildman–Crippen LogP) is 2.04. The standard InChI is InChI=1S/C19H25N5O2S/c1-12(2)17-21-23(11-16(25)20-14-5-4-7-22(3)10-14)18(26)15-9-13-6-8-27-19(13)24(15)17/h6,8-9,12,14H,4-5,7,10-11H2,1-3H3,(H,20,25)/t14-/m1/s1. The zero-order chi connectivity index (χ0) is 19.1. The minimum absolute atomic E-state index is 0.0475. The molecule has 1 saturated heterocycles. The molecule has 0 bridgehead atoms. The normalized spacial score (nSPS) is 18.6. The molecule has 3 aromatic rings. The van der Waals surface area contributed by atoms with Gasteiger partial charge in [0.2, 0.25) is 5.91 Å². The fourth-order valence-corrected chi connectivity index (χ4v) is 4.73. The fourth-order valence-electron chi connectivity index (χ4n) is 3.83. The molecule has 8 heteroatoms. The first-order chi connectivity index (χ1) is 12.9. The molecule has 1 atom stereocenters.